The molecule has 2 aliphatic rings. The van der Waals surface area contributed by atoms with Gasteiger partial charge in [0.15, 0.2) is 5.96 Å². The van der Waals surface area contributed by atoms with Gasteiger partial charge in [0.2, 0.25) is 0 Å². The third-order valence-electron chi connectivity index (χ3n) is 4.98. The van der Waals surface area contributed by atoms with Crippen LogP contribution in [0.25, 0.3) is 0 Å². The molecule has 22 heavy (non-hydrogen) atoms. The molecule has 128 valence electrons. The van der Waals surface area contributed by atoms with Crippen molar-refractivity contribution < 1.29 is 0 Å². The maximum Gasteiger partial charge on any atom is 0.194 e. The smallest absolute Gasteiger partial charge is 0.194 e. The summed E-state index contributed by atoms with van der Waals surface area (Å²) in [5.41, 5.74) is 0. The van der Waals surface area contributed by atoms with E-state index < -0.39 is 0 Å². The fourth-order valence-corrected chi connectivity index (χ4v) is 4.04. The van der Waals surface area contributed by atoms with Gasteiger partial charge in [-0.2, -0.15) is 0 Å². The summed E-state index contributed by atoms with van der Waals surface area (Å²) in [5.74, 6) is 1.18. The molecule has 0 spiro atoms. The fourth-order valence-electron chi connectivity index (χ4n) is 4.04. The molecule has 2 aliphatic carbocycles. The van der Waals surface area contributed by atoms with Gasteiger partial charge in [-0.3, -0.25) is 4.99 Å². The SMILES string of the molecule is CC(C)N=C(NC(C)C)N(C1CCCCC1)C1CCCCC1. The molecule has 0 saturated heterocycles. The van der Waals surface area contributed by atoms with Crippen LogP contribution in [-0.4, -0.2) is 35.0 Å². The molecule has 0 radical (unpaired) electrons. The summed E-state index contributed by atoms with van der Waals surface area (Å²) in [6.07, 6.45) is 13.8. The van der Waals surface area contributed by atoms with Crippen LogP contribution in [0.3, 0.4) is 0 Å². The Balaban J connectivity index is 2.21. The average molecular weight is 308 g/mol. The highest BCUT2D eigenvalue weighted by Crippen LogP contribution is 2.30. The number of guanidine groups is 1. The molecule has 3 heteroatoms. The molecule has 2 fully saturated rings. The Hall–Kier alpha value is -0.730. The number of nitrogens with zero attached hydrogens (tertiary/aromatic N) is 2. The second-order valence-electron chi connectivity index (χ2n) is 7.84. The van der Waals surface area contributed by atoms with Crippen LogP contribution in [0.1, 0.15) is 91.9 Å². The van der Waals surface area contributed by atoms with E-state index in [2.05, 4.69) is 37.9 Å². The zero-order chi connectivity index (χ0) is 15.9. The molecule has 0 unspecified atom stereocenters. The Morgan fingerprint density at radius 1 is 0.818 bits per heavy atom. The summed E-state index contributed by atoms with van der Waals surface area (Å²) in [4.78, 5) is 7.72. The lowest BCUT2D eigenvalue weighted by atomic mass is 9.89. The lowest BCUT2D eigenvalue weighted by Crippen LogP contribution is -2.55. The van der Waals surface area contributed by atoms with Crippen molar-refractivity contribution in [3.63, 3.8) is 0 Å². The monoisotopic (exact) mass is 307 g/mol. The van der Waals surface area contributed by atoms with Gasteiger partial charge in [-0.15, -0.1) is 0 Å². The standard InChI is InChI=1S/C19H37N3/c1-15(2)20-19(21-16(3)4)22(17-11-7-5-8-12-17)18-13-9-6-10-14-18/h15-18H,5-14H2,1-4H3,(H,20,21). The minimum atomic E-state index is 0.357. The van der Waals surface area contributed by atoms with Crippen molar-refractivity contribution in [2.45, 2.75) is 116 Å². The van der Waals surface area contributed by atoms with Crippen molar-refractivity contribution >= 4 is 5.96 Å². The summed E-state index contributed by atoms with van der Waals surface area (Å²) in [5, 5.41) is 3.68. The van der Waals surface area contributed by atoms with Crippen LogP contribution in [0.2, 0.25) is 0 Å². The topological polar surface area (TPSA) is 27.6 Å². The minimum Gasteiger partial charge on any atom is -0.354 e. The molecule has 0 atom stereocenters. The van der Waals surface area contributed by atoms with Crippen molar-refractivity contribution in [2.75, 3.05) is 0 Å². The van der Waals surface area contributed by atoms with Gasteiger partial charge in [0, 0.05) is 24.2 Å². The summed E-state index contributed by atoms with van der Waals surface area (Å²) < 4.78 is 0. The highest BCUT2D eigenvalue weighted by atomic mass is 15.3. The molecule has 2 rings (SSSR count). The van der Waals surface area contributed by atoms with E-state index in [1.807, 2.05) is 0 Å². The Morgan fingerprint density at radius 2 is 1.27 bits per heavy atom. The lowest BCUT2D eigenvalue weighted by molar-refractivity contribution is 0.151. The van der Waals surface area contributed by atoms with Crippen molar-refractivity contribution in [1.29, 1.82) is 0 Å². The van der Waals surface area contributed by atoms with E-state index in [4.69, 9.17) is 4.99 Å². The highest BCUT2D eigenvalue weighted by molar-refractivity contribution is 5.81. The van der Waals surface area contributed by atoms with Crippen molar-refractivity contribution in [3.05, 3.63) is 0 Å². The third-order valence-corrected chi connectivity index (χ3v) is 4.98. The van der Waals surface area contributed by atoms with Crippen LogP contribution in [0.5, 0.6) is 0 Å². The van der Waals surface area contributed by atoms with Gasteiger partial charge >= 0.3 is 0 Å². The van der Waals surface area contributed by atoms with Crippen LogP contribution >= 0.6 is 0 Å². The molecule has 0 bridgehead atoms. The molecule has 0 aliphatic heterocycles. The molecule has 0 aromatic carbocycles. The third kappa shape index (κ3) is 5.17. The number of hydrogen-bond acceptors (Lipinski definition) is 1. The Labute approximate surface area is 138 Å². The Morgan fingerprint density at radius 3 is 1.64 bits per heavy atom. The normalized spacial score (nSPS) is 22.4. The van der Waals surface area contributed by atoms with Crippen molar-refractivity contribution in [3.8, 4) is 0 Å². The summed E-state index contributed by atoms with van der Waals surface area (Å²) in [6.45, 7) is 8.86. The molecule has 2 saturated carbocycles. The number of rotatable bonds is 4. The fraction of sp³-hybridized carbons (Fsp3) is 0.947. The van der Waals surface area contributed by atoms with Crippen molar-refractivity contribution in [1.82, 2.24) is 10.2 Å². The van der Waals surface area contributed by atoms with E-state index >= 15 is 0 Å². The lowest BCUT2D eigenvalue weighted by Gasteiger charge is -2.44. The molecule has 0 amide bonds. The summed E-state index contributed by atoms with van der Waals surface area (Å²) >= 11 is 0. The second kappa shape index (κ2) is 8.79. The van der Waals surface area contributed by atoms with Gasteiger partial charge in [-0.05, 0) is 53.4 Å². The number of hydrogen-bond donors (Lipinski definition) is 1. The molecular formula is C19H37N3. The van der Waals surface area contributed by atoms with E-state index in [0.29, 0.717) is 24.2 Å². The summed E-state index contributed by atoms with van der Waals surface area (Å²) in [6, 6.07) is 2.23. The maximum atomic E-state index is 5.00. The molecule has 3 nitrogen and oxygen atoms in total. The van der Waals surface area contributed by atoms with Crippen LogP contribution in [0.15, 0.2) is 4.99 Å². The highest BCUT2D eigenvalue weighted by Gasteiger charge is 2.31. The quantitative estimate of drug-likeness (QED) is 0.601. The number of aliphatic imine (C=N–C) groups is 1. The van der Waals surface area contributed by atoms with Crippen LogP contribution in [0.4, 0.5) is 0 Å². The zero-order valence-corrected chi connectivity index (χ0v) is 15.3. The first-order chi connectivity index (χ1) is 10.6. The predicted octanol–water partition coefficient (Wildman–Crippen LogP) is 4.72. The second-order valence-corrected chi connectivity index (χ2v) is 7.84. The largest absolute Gasteiger partial charge is 0.354 e. The Bertz CT molecular complexity index is 319. The first-order valence-electron chi connectivity index (χ1n) is 9.70. The van der Waals surface area contributed by atoms with E-state index in [1.54, 1.807) is 0 Å². The van der Waals surface area contributed by atoms with Gasteiger partial charge in [-0.25, -0.2) is 0 Å². The van der Waals surface area contributed by atoms with Gasteiger partial charge in [0.1, 0.15) is 0 Å². The molecule has 1 N–H and O–H groups in total. The zero-order valence-electron chi connectivity index (χ0n) is 15.3. The van der Waals surface area contributed by atoms with Gasteiger partial charge in [0.05, 0.1) is 0 Å². The van der Waals surface area contributed by atoms with Gasteiger partial charge in [0.25, 0.3) is 0 Å². The van der Waals surface area contributed by atoms with E-state index in [9.17, 15) is 0 Å². The first-order valence-corrected chi connectivity index (χ1v) is 9.70. The van der Waals surface area contributed by atoms with E-state index in [-0.39, 0.29) is 0 Å². The average Bonchev–Trinajstić information content (AvgIpc) is 2.48. The van der Waals surface area contributed by atoms with E-state index in [0.717, 1.165) is 0 Å². The molecular weight excluding hydrogens is 270 g/mol. The van der Waals surface area contributed by atoms with Gasteiger partial charge in [-0.1, -0.05) is 38.5 Å². The van der Waals surface area contributed by atoms with Crippen molar-refractivity contribution in [2.24, 2.45) is 4.99 Å². The Kier molecular flexibility index (Phi) is 7.04. The maximum absolute atomic E-state index is 5.00. The van der Waals surface area contributed by atoms with Crippen LogP contribution in [0, 0.1) is 0 Å². The summed E-state index contributed by atoms with van der Waals surface area (Å²) in [7, 11) is 0. The predicted molar refractivity (Wildman–Crippen MR) is 96.4 cm³/mol. The minimum absolute atomic E-state index is 0.357. The molecule has 0 aromatic heterocycles. The van der Waals surface area contributed by atoms with E-state index in [1.165, 1.54) is 70.2 Å². The molecule has 0 heterocycles. The number of nitrogens with one attached hydrogen (secondary N) is 1. The molecule has 0 aromatic rings. The van der Waals surface area contributed by atoms with Crippen LogP contribution in [-0.2, 0) is 0 Å². The van der Waals surface area contributed by atoms with Gasteiger partial charge < -0.3 is 10.2 Å². The first kappa shape index (κ1) is 17.6. The van der Waals surface area contributed by atoms with Crippen LogP contribution < -0.4 is 5.32 Å².